The van der Waals surface area contributed by atoms with Crippen molar-refractivity contribution in [2.75, 3.05) is 0 Å². The number of allylic oxidation sites excluding steroid dienone is 1. The van der Waals surface area contributed by atoms with Crippen LogP contribution in [0.1, 0.15) is 52.9 Å². The Morgan fingerprint density at radius 1 is 1.33 bits per heavy atom. The van der Waals surface area contributed by atoms with Crippen molar-refractivity contribution in [1.82, 2.24) is 0 Å². The Morgan fingerprint density at radius 2 is 2.00 bits per heavy atom. The van der Waals surface area contributed by atoms with E-state index in [0.717, 1.165) is 12.8 Å². The van der Waals surface area contributed by atoms with Crippen molar-refractivity contribution in [3.05, 3.63) is 12.2 Å². The van der Waals surface area contributed by atoms with Crippen LogP contribution in [0.25, 0.3) is 0 Å². The number of hydrogen-bond acceptors (Lipinski definition) is 3. The summed E-state index contributed by atoms with van der Waals surface area (Å²) >= 11 is 0. The number of hydrogen-bond donors (Lipinski definition) is 1. The van der Waals surface area contributed by atoms with E-state index in [4.69, 9.17) is 4.74 Å². The lowest BCUT2D eigenvalue weighted by Gasteiger charge is -2.22. The van der Waals surface area contributed by atoms with Crippen LogP contribution in [0.4, 0.5) is 0 Å². The number of carbonyl (C=O) groups excluding carboxylic acids is 1. The van der Waals surface area contributed by atoms with E-state index in [1.807, 2.05) is 0 Å². The number of aliphatic hydroxyl groups is 1. The van der Waals surface area contributed by atoms with Crippen LogP contribution in [-0.2, 0) is 9.53 Å². The Kier molecular flexibility index (Phi) is 6.41. The zero-order chi connectivity index (χ0) is 13.5. The van der Waals surface area contributed by atoms with E-state index in [9.17, 15) is 9.90 Å². The fraction of sp³-hybridized carbons (Fsp3) is 0.800. The highest BCUT2D eigenvalue weighted by atomic mass is 16.5. The first-order valence-electron chi connectivity index (χ1n) is 7.03. The minimum atomic E-state index is -0.317. The van der Waals surface area contributed by atoms with Gasteiger partial charge in [-0.1, -0.05) is 32.9 Å². The quantitative estimate of drug-likeness (QED) is 0.578. The van der Waals surface area contributed by atoms with Crippen molar-refractivity contribution < 1.29 is 14.6 Å². The Labute approximate surface area is 110 Å². The Morgan fingerprint density at radius 3 is 2.67 bits per heavy atom. The third kappa shape index (κ3) is 5.21. The minimum Gasteiger partial charge on any atom is -0.462 e. The molecule has 0 radical (unpaired) electrons. The molecule has 3 atom stereocenters. The highest BCUT2D eigenvalue weighted by Gasteiger charge is 2.19. The molecule has 0 unspecified atom stereocenters. The smallest absolute Gasteiger partial charge is 0.306 e. The van der Waals surface area contributed by atoms with Gasteiger partial charge in [-0.25, -0.2) is 0 Å². The first-order chi connectivity index (χ1) is 8.50. The van der Waals surface area contributed by atoms with Crippen LogP contribution in [0, 0.1) is 11.8 Å². The Bertz CT molecular complexity index is 283. The third-order valence-corrected chi connectivity index (χ3v) is 3.61. The van der Waals surface area contributed by atoms with E-state index in [1.165, 1.54) is 0 Å². The molecule has 0 spiro atoms. The van der Waals surface area contributed by atoms with Crippen molar-refractivity contribution in [3.63, 3.8) is 0 Å². The molecule has 1 aliphatic rings. The number of esters is 1. The van der Waals surface area contributed by atoms with Crippen molar-refractivity contribution >= 4 is 5.97 Å². The largest absolute Gasteiger partial charge is 0.462 e. The lowest BCUT2D eigenvalue weighted by atomic mass is 9.95. The predicted molar refractivity (Wildman–Crippen MR) is 72.1 cm³/mol. The molecule has 0 saturated carbocycles. The molecule has 0 aromatic carbocycles. The first kappa shape index (κ1) is 15.2. The van der Waals surface area contributed by atoms with E-state index in [0.29, 0.717) is 25.2 Å². The molecule has 0 saturated heterocycles. The van der Waals surface area contributed by atoms with E-state index in [2.05, 4.69) is 32.9 Å². The summed E-state index contributed by atoms with van der Waals surface area (Å²) in [6, 6.07) is 0. The van der Waals surface area contributed by atoms with Crippen LogP contribution < -0.4 is 0 Å². The number of cyclic esters (lactones) is 1. The fourth-order valence-corrected chi connectivity index (χ4v) is 2.12. The average molecular weight is 254 g/mol. The van der Waals surface area contributed by atoms with Crippen LogP contribution in [0.15, 0.2) is 12.2 Å². The standard InChI is InChI=1S/C15H26O3/c1-11(2)14-9-5-4-7-12(3)13(16)8-6-10-15(17)18-14/h4-5,11-14,16H,6-10H2,1-3H3/b5-4+/t12-,13-,14+/m0/s1. The highest BCUT2D eigenvalue weighted by molar-refractivity contribution is 5.69. The molecule has 0 amide bonds. The monoisotopic (exact) mass is 254 g/mol. The SMILES string of the molecule is CC(C)[C@H]1C/C=C/C[C@H](C)[C@@H](O)CCCC(=O)O1. The third-order valence-electron chi connectivity index (χ3n) is 3.61. The second kappa shape index (κ2) is 7.57. The molecule has 0 aromatic rings. The number of ether oxygens (including phenoxy) is 1. The van der Waals surface area contributed by atoms with Gasteiger partial charge in [0.1, 0.15) is 6.10 Å². The van der Waals surface area contributed by atoms with E-state index in [-0.39, 0.29) is 24.1 Å². The van der Waals surface area contributed by atoms with E-state index in [1.54, 1.807) is 0 Å². The van der Waals surface area contributed by atoms with Crippen molar-refractivity contribution in [3.8, 4) is 0 Å². The topological polar surface area (TPSA) is 46.5 Å². The molecule has 1 aliphatic heterocycles. The van der Waals surface area contributed by atoms with Gasteiger partial charge in [-0.3, -0.25) is 4.79 Å². The molecule has 0 aliphatic carbocycles. The highest BCUT2D eigenvalue weighted by Crippen LogP contribution is 2.19. The van der Waals surface area contributed by atoms with Crippen LogP contribution in [0.3, 0.4) is 0 Å². The van der Waals surface area contributed by atoms with Crippen molar-refractivity contribution in [2.24, 2.45) is 11.8 Å². The summed E-state index contributed by atoms with van der Waals surface area (Å²) < 4.78 is 5.47. The molecule has 104 valence electrons. The lowest BCUT2D eigenvalue weighted by Crippen LogP contribution is -2.24. The van der Waals surface area contributed by atoms with Crippen molar-refractivity contribution in [1.29, 1.82) is 0 Å². The molecule has 0 bridgehead atoms. The molecule has 1 heterocycles. The average Bonchev–Trinajstić information content (AvgIpc) is 2.30. The van der Waals surface area contributed by atoms with Gasteiger partial charge in [0.15, 0.2) is 0 Å². The summed E-state index contributed by atoms with van der Waals surface area (Å²) in [4.78, 5) is 11.7. The Hall–Kier alpha value is -0.830. The van der Waals surface area contributed by atoms with Gasteiger partial charge < -0.3 is 9.84 Å². The molecule has 1 rings (SSSR count). The number of aliphatic hydroxyl groups excluding tert-OH is 1. The van der Waals surface area contributed by atoms with Gasteiger partial charge in [0, 0.05) is 12.8 Å². The normalized spacial score (nSPS) is 33.4. The van der Waals surface area contributed by atoms with Gasteiger partial charge in [0.2, 0.25) is 0 Å². The van der Waals surface area contributed by atoms with E-state index < -0.39 is 0 Å². The molecule has 0 fully saturated rings. The molecule has 3 heteroatoms. The maximum absolute atomic E-state index is 11.7. The Balaban J connectivity index is 2.64. The molecule has 0 aromatic heterocycles. The van der Waals surface area contributed by atoms with Crippen LogP contribution >= 0.6 is 0 Å². The summed E-state index contributed by atoms with van der Waals surface area (Å²) in [7, 11) is 0. The number of rotatable bonds is 1. The van der Waals surface area contributed by atoms with Gasteiger partial charge in [0.25, 0.3) is 0 Å². The van der Waals surface area contributed by atoms with Crippen LogP contribution in [-0.4, -0.2) is 23.3 Å². The zero-order valence-corrected chi connectivity index (χ0v) is 11.8. The second-order valence-corrected chi connectivity index (χ2v) is 5.65. The molecule has 1 N–H and O–H groups in total. The summed E-state index contributed by atoms with van der Waals surface area (Å²) in [6.45, 7) is 6.20. The lowest BCUT2D eigenvalue weighted by molar-refractivity contribution is -0.151. The maximum atomic E-state index is 11.7. The summed E-state index contributed by atoms with van der Waals surface area (Å²) in [6.07, 6.45) is 7.29. The van der Waals surface area contributed by atoms with Gasteiger partial charge in [-0.2, -0.15) is 0 Å². The summed E-state index contributed by atoms with van der Waals surface area (Å²) in [5.41, 5.74) is 0. The van der Waals surface area contributed by atoms with E-state index >= 15 is 0 Å². The fourth-order valence-electron chi connectivity index (χ4n) is 2.12. The van der Waals surface area contributed by atoms with Gasteiger partial charge in [0.05, 0.1) is 6.10 Å². The molecule has 18 heavy (non-hydrogen) atoms. The summed E-state index contributed by atoms with van der Waals surface area (Å²) in [5, 5.41) is 9.90. The van der Waals surface area contributed by atoms with Gasteiger partial charge in [-0.15, -0.1) is 0 Å². The second-order valence-electron chi connectivity index (χ2n) is 5.65. The minimum absolute atomic E-state index is 0.0200. The van der Waals surface area contributed by atoms with Gasteiger partial charge in [-0.05, 0) is 31.1 Å². The predicted octanol–water partition coefficient (Wildman–Crippen LogP) is 3.07. The zero-order valence-electron chi connectivity index (χ0n) is 11.8. The van der Waals surface area contributed by atoms with Crippen molar-refractivity contribution in [2.45, 2.75) is 65.1 Å². The first-order valence-corrected chi connectivity index (χ1v) is 7.03. The number of carbonyl (C=O) groups is 1. The van der Waals surface area contributed by atoms with Gasteiger partial charge >= 0.3 is 5.97 Å². The maximum Gasteiger partial charge on any atom is 0.306 e. The molecule has 3 nitrogen and oxygen atoms in total. The van der Waals surface area contributed by atoms with Crippen LogP contribution in [0.2, 0.25) is 0 Å². The van der Waals surface area contributed by atoms with Crippen LogP contribution in [0.5, 0.6) is 0 Å². The molecular weight excluding hydrogens is 228 g/mol. The molecular formula is C15H26O3. The summed E-state index contributed by atoms with van der Waals surface area (Å²) in [5.74, 6) is 0.460.